The Balaban J connectivity index is 2.14. The van der Waals surface area contributed by atoms with Gasteiger partial charge in [0.15, 0.2) is 11.0 Å². The number of nitrogens with one attached hydrogen (secondary N) is 2. The molecule has 2 aromatic rings. The van der Waals surface area contributed by atoms with Crippen LogP contribution >= 0.6 is 11.8 Å². The summed E-state index contributed by atoms with van der Waals surface area (Å²) in [6, 6.07) is 4.45. The Morgan fingerprint density at radius 2 is 1.96 bits per heavy atom. The molecule has 2 rings (SSSR count). The third kappa shape index (κ3) is 4.88. The van der Waals surface area contributed by atoms with Gasteiger partial charge >= 0.3 is 12.0 Å². The van der Waals surface area contributed by atoms with Crippen LogP contribution < -0.4 is 10.6 Å². The minimum absolute atomic E-state index is 0.115. The van der Waals surface area contributed by atoms with Gasteiger partial charge in [0.1, 0.15) is 5.56 Å². The van der Waals surface area contributed by atoms with Crippen LogP contribution in [0.5, 0.6) is 0 Å². The number of nitrogens with zero attached hydrogens (tertiary/aromatic N) is 3. The molecule has 1 heterocycles. The number of nitro groups is 1. The number of carboxylic acid groups (broad SMARTS) is 1. The first kappa shape index (κ1) is 18.1. The van der Waals surface area contributed by atoms with E-state index in [4.69, 9.17) is 5.11 Å². The molecule has 0 saturated carbocycles. The van der Waals surface area contributed by atoms with Crippen molar-refractivity contribution >= 4 is 41.0 Å². The van der Waals surface area contributed by atoms with Crippen molar-refractivity contribution in [2.45, 2.75) is 12.1 Å². The highest BCUT2D eigenvalue weighted by atomic mass is 32.2. The number of aromatic carboxylic acids is 1. The summed E-state index contributed by atoms with van der Waals surface area (Å²) in [7, 11) is 0. The second kappa shape index (κ2) is 8.06. The van der Waals surface area contributed by atoms with E-state index in [1.54, 1.807) is 0 Å². The lowest BCUT2D eigenvalue weighted by Crippen LogP contribution is -2.22. The third-order valence-corrected chi connectivity index (χ3v) is 3.58. The van der Waals surface area contributed by atoms with Gasteiger partial charge in [-0.05, 0) is 17.9 Å². The Hall–Kier alpha value is -3.21. The molecule has 0 saturated heterocycles. The number of non-ortho nitro benzene ring substituents is 1. The minimum atomic E-state index is -1.28. The van der Waals surface area contributed by atoms with E-state index in [2.05, 4.69) is 20.6 Å². The maximum Gasteiger partial charge on any atom is 0.341 e. The van der Waals surface area contributed by atoms with Crippen LogP contribution in [0.1, 0.15) is 17.3 Å². The van der Waals surface area contributed by atoms with E-state index < -0.39 is 16.9 Å². The van der Waals surface area contributed by atoms with Crippen molar-refractivity contribution in [3.8, 4) is 0 Å². The molecular formula is C14H13N5O5S. The molecule has 0 atom stereocenters. The molecule has 0 spiro atoms. The molecular weight excluding hydrogens is 350 g/mol. The number of urea groups is 1. The average Bonchev–Trinajstić information content (AvgIpc) is 2.55. The monoisotopic (exact) mass is 363 g/mol. The van der Waals surface area contributed by atoms with Gasteiger partial charge in [0.25, 0.3) is 5.69 Å². The highest BCUT2D eigenvalue weighted by molar-refractivity contribution is 7.99. The smallest absolute Gasteiger partial charge is 0.341 e. The van der Waals surface area contributed by atoms with E-state index in [0.29, 0.717) is 16.6 Å². The number of carboxylic acids is 1. The zero-order valence-electron chi connectivity index (χ0n) is 12.9. The zero-order chi connectivity index (χ0) is 18.4. The summed E-state index contributed by atoms with van der Waals surface area (Å²) in [5.74, 6) is -0.738. The van der Waals surface area contributed by atoms with E-state index in [0.717, 1.165) is 6.20 Å². The van der Waals surface area contributed by atoms with Crippen LogP contribution in [0.4, 0.5) is 22.0 Å². The average molecular weight is 363 g/mol. The van der Waals surface area contributed by atoms with Crippen molar-refractivity contribution in [3.63, 3.8) is 0 Å². The Kier molecular flexibility index (Phi) is 5.84. The van der Waals surface area contributed by atoms with Gasteiger partial charge < -0.3 is 10.4 Å². The number of carbonyl (C=O) groups excluding carboxylic acids is 1. The van der Waals surface area contributed by atoms with Crippen LogP contribution in [0, 0.1) is 10.1 Å². The fraction of sp³-hybridized carbons (Fsp3) is 0.143. The first-order valence-corrected chi connectivity index (χ1v) is 7.95. The van der Waals surface area contributed by atoms with E-state index in [9.17, 15) is 19.7 Å². The predicted molar refractivity (Wildman–Crippen MR) is 91.1 cm³/mol. The van der Waals surface area contributed by atoms with E-state index in [-0.39, 0.29) is 17.1 Å². The maximum absolute atomic E-state index is 12.0. The van der Waals surface area contributed by atoms with Gasteiger partial charge in [0.2, 0.25) is 0 Å². The number of aromatic nitrogens is 2. The van der Waals surface area contributed by atoms with Crippen molar-refractivity contribution < 1.29 is 19.6 Å². The van der Waals surface area contributed by atoms with Crippen LogP contribution in [-0.2, 0) is 0 Å². The highest BCUT2D eigenvalue weighted by Gasteiger charge is 2.16. The number of hydrogen-bond acceptors (Lipinski definition) is 7. The van der Waals surface area contributed by atoms with Gasteiger partial charge in [0, 0.05) is 24.0 Å². The molecule has 130 valence electrons. The number of carbonyl (C=O) groups is 2. The first-order chi connectivity index (χ1) is 11.9. The molecule has 0 radical (unpaired) electrons. The number of benzene rings is 1. The summed E-state index contributed by atoms with van der Waals surface area (Å²) in [6.45, 7) is 1.88. The Morgan fingerprint density at radius 3 is 2.52 bits per heavy atom. The number of hydrogen-bond donors (Lipinski definition) is 3. The van der Waals surface area contributed by atoms with Crippen molar-refractivity contribution in [3.05, 3.63) is 46.1 Å². The summed E-state index contributed by atoms with van der Waals surface area (Å²) in [5.41, 5.74) is -0.0624. The van der Waals surface area contributed by atoms with Crippen LogP contribution in [0.25, 0.3) is 0 Å². The van der Waals surface area contributed by atoms with Crippen LogP contribution in [0.2, 0.25) is 0 Å². The minimum Gasteiger partial charge on any atom is -0.477 e. The molecule has 25 heavy (non-hydrogen) atoms. The number of rotatable bonds is 6. The molecule has 1 aromatic heterocycles. The predicted octanol–water partition coefficient (Wildman–Crippen LogP) is 2.84. The van der Waals surface area contributed by atoms with Gasteiger partial charge in [-0.3, -0.25) is 15.4 Å². The molecule has 0 aliphatic carbocycles. The molecule has 0 bridgehead atoms. The van der Waals surface area contributed by atoms with E-state index in [1.807, 2.05) is 6.92 Å². The van der Waals surface area contributed by atoms with Gasteiger partial charge in [-0.1, -0.05) is 18.7 Å². The number of amides is 2. The van der Waals surface area contributed by atoms with Crippen molar-refractivity contribution in [1.29, 1.82) is 0 Å². The Labute approximate surface area is 145 Å². The van der Waals surface area contributed by atoms with E-state index in [1.165, 1.54) is 36.0 Å². The summed E-state index contributed by atoms with van der Waals surface area (Å²) in [4.78, 5) is 41.2. The lowest BCUT2D eigenvalue weighted by atomic mass is 10.3. The normalized spacial score (nSPS) is 10.1. The highest BCUT2D eigenvalue weighted by Crippen LogP contribution is 2.19. The molecule has 0 aliphatic rings. The van der Waals surface area contributed by atoms with Gasteiger partial charge in [-0.2, -0.15) is 0 Å². The zero-order valence-corrected chi connectivity index (χ0v) is 13.7. The maximum atomic E-state index is 12.0. The topological polar surface area (TPSA) is 147 Å². The SMILES string of the molecule is CCSc1ncc(C(=O)O)c(NC(=O)Nc2ccc([N+](=O)[O-])cc2)n1. The van der Waals surface area contributed by atoms with Crippen molar-refractivity contribution in [1.82, 2.24) is 9.97 Å². The lowest BCUT2D eigenvalue weighted by molar-refractivity contribution is -0.384. The molecule has 10 nitrogen and oxygen atoms in total. The third-order valence-electron chi connectivity index (χ3n) is 2.84. The molecule has 1 aromatic carbocycles. The second-order valence-corrected chi connectivity index (χ2v) is 5.77. The van der Waals surface area contributed by atoms with Gasteiger partial charge in [-0.15, -0.1) is 0 Å². The molecule has 2 amide bonds. The number of thioether (sulfide) groups is 1. The molecule has 3 N–H and O–H groups in total. The van der Waals surface area contributed by atoms with Gasteiger partial charge in [-0.25, -0.2) is 19.6 Å². The number of anilines is 2. The van der Waals surface area contributed by atoms with Crippen LogP contribution in [0.15, 0.2) is 35.6 Å². The van der Waals surface area contributed by atoms with Gasteiger partial charge in [0.05, 0.1) is 4.92 Å². The number of nitro benzene ring substituents is 1. The van der Waals surface area contributed by atoms with Crippen molar-refractivity contribution in [2.75, 3.05) is 16.4 Å². The fourth-order valence-electron chi connectivity index (χ4n) is 1.75. The first-order valence-electron chi connectivity index (χ1n) is 6.96. The van der Waals surface area contributed by atoms with E-state index >= 15 is 0 Å². The largest absolute Gasteiger partial charge is 0.477 e. The van der Waals surface area contributed by atoms with Crippen LogP contribution in [0.3, 0.4) is 0 Å². The van der Waals surface area contributed by atoms with Crippen molar-refractivity contribution in [2.24, 2.45) is 0 Å². The summed E-state index contributed by atoms with van der Waals surface area (Å²) in [5, 5.41) is 24.9. The summed E-state index contributed by atoms with van der Waals surface area (Å²) in [6.07, 6.45) is 1.12. The summed E-state index contributed by atoms with van der Waals surface area (Å²) < 4.78 is 0. The molecule has 0 aliphatic heterocycles. The Morgan fingerprint density at radius 1 is 1.28 bits per heavy atom. The standard InChI is InChI=1S/C14H13N5O5S/c1-2-25-14-15-7-10(12(20)21)11(18-14)17-13(22)16-8-3-5-9(6-4-8)19(23)24/h3-7H,2H2,1H3,(H,20,21)(H2,15,16,17,18,22). The second-order valence-electron chi connectivity index (χ2n) is 4.54. The van der Waals surface area contributed by atoms with Crippen LogP contribution in [-0.4, -0.2) is 37.8 Å². The fourth-order valence-corrected chi connectivity index (χ4v) is 2.29. The quantitative estimate of drug-likeness (QED) is 0.307. The molecule has 11 heteroatoms. The Bertz CT molecular complexity index is 812. The molecule has 0 fully saturated rings. The summed E-state index contributed by atoms with van der Waals surface area (Å²) >= 11 is 1.29. The molecule has 0 unspecified atom stereocenters. The lowest BCUT2D eigenvalue weighted by Gasteiger charge is -2.10.